The lowest BCUT2D eigenvalue weighted by Crippen LogP contribution is -2.37. The Labute approximate surface area is 153 Å². The van der Waals surface area contributed by atoms with Crippen LogP contribution in [0.15, 0.2) is 0 Å². The molecule has 0 amide bonds. The zero-order chi connectivity index (χ0) is 19.0. The Morgan fingerprint density at radius 1 is 0.481 bits per heavy atom. The molecule has 0 aromatic heterocycles. The van der Waals surface area contributed by atoms with Gasteiger partial charge in [0.25, 0.3) is 0 Å². The average molecular weight is 419 g/mol. The van der Waals surface area contributed by atoms with Crippen LogP contribution in [-0.2, 0) is 14.0 Å². The van der Waals surface area contributed by atoms with E-state index < -0.39 is 55.9 Å². The van der Waals surface area contributed by atoms with E-state index in [1.54, 1.807) is 0 Å². The van der Waals surface area contributed by atoms with E-state index in [1.165, 1.54) is 0 Å². The van der Waals surface area contributed by atoms with E-state index in [1.807, 2.05) is 0 Å². The Morgan fingerprint density at radius 2 is 0.704 bits per heavy atom. The van der Waals surface area contributed by atoms with Crippen LogP contribution in [0.1, 0.15) is 0 Å². The summed E-state index contributed by atoms with van der Waals surface area (Å²) in [5, 5.41) is 93.2. The zero-order valence-corrected chi connectivity index (χ0v) is 13.5. The Hall–Kier alpha value is -0.435. The van der Waals surface area contributed by atoms with Crippen molar-refractivity contribution >= 4 is 36.6 Å². The highest BCUT2D eigenvalue weighted by Gasteiger charge is 2.23. The van der Waals surface area contributed by atoms with E-state index in [2.05, 4.69) is 14.0 Å². The molecule has 0 bridgehead atoms. The van der Waals surface area contributed by atoms with Crippen molar-refractivity contribution < 1.29 is 96.2 Å². The smallest absolute Gasteiger partial charge is 0.412 e. The lowest BCUT2D eigenvalue weighted by molar-refractivity contribution is 0.0168. The van der Waals surface area contributed by atoms with Crippen molar-refractivity contribution in [2.75, 3.05) is 13.2 Å². The Bertz CT molecular complexity index is 206. The fourth-order valence-electron chi connectivity index (χ4n) is 0.686. The van der Waals surface area contributed by atoms with Gasteiger partial charge in [-0.05, 0) is 0 Å². The van der Waals surface area contributed by atoms with Crippen LogP contribution >= 0.6 is 0 Å². The van der Waals surface area contributed by atoms with Gasteiger partial charge in [-0.3, -0.25) is 0 Å². The molecule has 20 N–H and O–H groups in total. The topological polar surface area (TPSA) is 396 Å². The molecule has 0 aromatic carbocycles. The van der Waals surface area contributed by atoms with Gasteiger partial charge < -0.3 is 96.2 Å². The minimum atomic E-state index is -2.17. The van der Waals surface area contributed by atoms with Crippen LogP contribution in [0.2, 0.25) is 0 Å². The summed E-state index contributed by atoms with van der Waals surface area (Å²) in [6.07, 6.45) is -1.10. The first kappa shape index (κ1) is 45.4. The lowest BCUT2D eigenvalue weighted by Gasteiger charge is -2.17. The van der Waals surface area contributed by atoms with Gasteiger partial charge in [0.1, 0.15) is 0 Å². The minimum Gasteiger partial charge on any atom is -0.412 e. The molecule has 19 nitrogen and oxygen atoms in total. The quantitative estimate of drug-likeness (QED) is 0.162. The van der Waals surface area contributed by atoms with Crippen LogP contribution in [0.4, 0.5) is 0 Å². The summed E-state index contributed by atoms with van der Waals surface area (Å²) in [6, 6.07) is 0. The van der Waals surface area contributed by atoms with E-state index in [9.17, 15) is 0 Å². The van der Waals surface area contributed by atoms with E-state index >= 15 is 0 Å². The molecule has 0 rings (SSSR count). The van der Waals surface area contributed by atoms with Crippen molar-refractivity contribution in [1.82, 2.24) is 0 Å². The van der Waals surface area contributed by atoms with E-state index in [0.29, 0.717) is 0 Å². The molecule has 24 heteroatoms. The van der Waals surface area contributed by atoms with E-state index in [0.717, 1.165) is 0 Å². The summed E-state index contributed by atoms with van der Waals surface area (Å²) in [4.78, 5) is 0. The van der Waals surface area contributed by atoms with Crippen LogP contribution in [-0.4, -0.2) is 138 Å². The van der Waals surface area contributed by atoms with Crippen molar-refractivity contribution in [1.29, 1.82) is 0 Å². The van der Waals surface area contributed by atoms with Crippen molar-refractivity contribution in [3.05, 3.63) is 0 Å². The van der Waals surface area contributed by atoms with Crippen molar-refractivity contribution in [2.45, 2.75) is 6.10 Å². The monoisotopic (exact) mass is 420 g/mol. The van der Waals surface area contributed by atoms with Gasteiger partial charge in [-0.2, -0.15) is 0 Å². The molecule has 0 saturated heterocycles. The average Bonchev–Trinajstić information content (AvgIpc) is 2.30. The van der Waals surface area contributed by atoms with E-state index in [-0.39, 0.29) is 21.9 Å². The van der Waals surface area contributed by atoms with Crippen molar-refractivity contribution in [2.24, 2.45) is 0 Å². The van der Waals surface area contributed by atoms with Crippen LogP contribution < -0.4 is 0 Å². The molecule has 0 heterocycles. The summed E-state index contributed by atoms with van der Waals surface area (Å²) in [5.41, 5.74) is 0. The van der Waals surface area contributed by atoms with Gasteiger partial charge in [0, 0.05) is 0 Å². The van der Waals surface area contributed by atoms with Crippen LogP contribution in [0, 0.1) is 0 Å². The SMILES string of the molecule is O.O.O.O.OB(O)O.OB(O)O.OB(O)OCC(COB(O)O)OB(O)O. The fourth-order valence-corrected chi connectivity index (χ4v) is 0.686. The van der Waals surface area contributed by atoms with Gasteiger partial charge in [-0.1, -0.05) is 0 Å². The summed E-state index contributed by atoms with van der Waals surface area (Å²) in [6.45, 7) is -0.885. The van der Waals surface area contributed by atoms with Gasteiger partial charge in [-0.15, -0.1) is 0 Å². The predicted molar refractivity (Wildman–Crippen MR) is 86.6 cm³/mol. The second kappa shape index (κ2) is 30.3. The third-order valence-electron chi connectivity index (χ3n) is 1.18. The standard InChI is InChI=1S/C3H11B3O9.2BH3O3.4H2O/c7-4(8)13-1-3(15-6(11)12)2-14-5(9)10;2*2-1(3)4;;;;/h3,7-12H,1-2H2;2*2-4H;4*1H2. The second-order valence-corrected chi connectivity index (χ2v) is 3.10. The number of hydrogen-bond donors (Lipinski definition) is 12. The van der Waals surface area contributed by atoms with Gasteiger partial charge in [-0.25, -0.2) is 0 Å². The van der Waals surface area contributed by atoms with Crippen LogP contribution in [0.25, 0.3) is 0 Å². The summed E-state index contributed by atoms with van der Waals surface area (Å²) >= 11 is 0. The molecular weight excluding hydrogens is 394 g/mol. The molecule has 0 aliphatic rings. The second-order valence-electron chi connectivity index (χ2n) is 3.10. The first-order valence-corrected chi connectivity index (χ1v) is 5.44. The molecule has 0 atom stereocenters. The molecule has 0 radical (unpaired) electrons. The van der Waals surface area contributed by atoms with Crippen LogP contribution in [0.5, 0.6) is 0 Å². The predicted octanol–water partition coefficient (Wildman–Crippen LogP) is -12.1. The third kappa shape index (κ3) is 77.2. The number of rotatable bonds is 8. The molecule has 0 fully saturated rings. The molecule has 0 unspecified atom stereocenters. The maximum atomic E-state index is 8.43. The minimum absolute atomic E-state index is 0. The van der Waals surface area contributed by atoms with Gasteiger partial charge in [0.15, 0.2) is 0 Å². The van der Waals surface area contributed by atoms with Gasteiger partial charge in [0.05, 0.1) is 19.3 Å². The van der Waals surface area contributed by atoms with Crippen LogP contribution in [0.3, 0.4) is 0 Å². The molecule has 0 aromatic rings. The van der Waals surface area contributed by atoms with E-state index in [4.69, 9.17) is 60.3 Å². The summed E-state index contributed by atoms with van der Waals surface area (Å²) < 4.78 is 12.9. The largest absolute Gasteiger partial charge is 0.634 e. The zero-order valence-electron chi connectivity index (χ0n) is 13.5. The molecule has 0 saturated carbocycles. The highest BCUT2D eigenvalue weighted by molar-refractivity contribution is 6.33. The molecule has 166 valence electrons. The first-order chi connectivity index (χ1) is 10.4. The first-order valence-electron chi connectivity index (χ1n) is 5.44. The Morgan fingerprint density at radius 3 is 0.852 bits per heavy atom. The Kier molecular flexibility index (Phi) is 50.9. The highest BCUT2D eigenvalue weighted by Crippen LogP contribution is 1.97. The maximum Gasteiger partial charge on any atom is 0.634 e. The summed E-state index contributed by atoms with van der Waals surface area (Å²) in [7, 11) is -10.6. The van der Waals surface area contributed by atoms with Gasteiger partial charge in [0.2, 0.25) is 0 Å². The summed E-state index contributed by atoms with van der Waals surface area (Å²) in [5.74, 6) is 0. The fraction of sp³-hybridized carbons (Fsp3) is 1.00. The molecular formula is C3H25B5O19. The normalized spacial score (nSPS) is 7.89. The molecule has 0 spiro atoms. The third-order valence-corrected chi connectivity index (χ3v) is 1.18. The van der Waals surface area contributed by atoms with Gasteiger partial charge >= 0.3 is 36.6 Å². The van der Waals surface area contributed by atoms with Crippen molar-refractivity contribution in [3.63, 3.8) is 0 Å². The molecule has 27 heavy (non-hydrogen) atoms. The lowest BCUT2D eigenvalue weighted by atomic mass is 10.2. The highest BCUT2D eigenvalue weighted by atomic mass is 16.7. The maximum absolute atomic E-state index is 8.43. The van der Waals surface area contributed by atoms with Crippen molar-refractivity contribution in [3.8, 4) is 0 Å². The number of hydrogen-bond acceptors (Lipinski definition) is 15. The molecule has 0 aliphatic heterocycles. The Balaban J connectivity index is -0.0000000571. The molecule has 0 aliphatic carbocycles.